The maximum absolute atomic E-state index is 12.9. The molecular weight excluding hydrogens is 303 g/mol. The molecule has 0 aliphatic rings. The van der Waals surface area contributed by atoms with Gasteiger partial charge in [0.2, 0.25) is 0 Å². The highest BCUT2D eigenvalue weighted by Gasteiger charge is 1.99. The van der Waals surface area contributed by atoms with Crippen LogP contribution in [0, 0.1) is 5.82 Å². The van der Waals surface area contributed by atoms with Gasteiger partial charge in [-0.15, -0.1) is 0 Å². The molecule has 1 aromatic carbocycles. The topological polar surface area (TPSA) is 47.3 Å². The highest BCUT2D eigenvalue weighted by Crippen LogP contribution is 2.18. The smallest absolute Gasteiger partial charge is 0.125 e. The lowest BCUT2D eigenvalue weighted by Gasteiger charge is -2.09. The zero-order valence-electron chi connectivity index (χ0n) is 15.3. The molecule has 0 amide bonds. The van der Waals surface area contributed by atoms with Crippen molar-refractivity contribution in [2.75, 3.05) is 30.8 Å². The van der Waals surface area contributed by atoms with E-state index in [0.717, 1.165) is 38.3 Å². The Morgan fingerprint density at radius 1 is 0.917 bits per heavy atom. The van der Waals surface area contributed by atoms with Crippen LogP contribution in [0.2, 0.25) is 0 Å². The van der Waals surface area contributed by atoms with Gasteiger partial charge in [0, 0.05) is 19.8 Å². The molecule has 1 rings (SSSR count). The minimum absolute atomic E-state index is 0.299. The average molecular weight is 339 g/mol. The Morgan fingerprint density at radius 3 is 2.21 bits per heavy atom. The molecule has 24 heavy (non-hydrogen) atoms. The first-order valence-corrected chi connectivity index (χ1v) is 9.60. The van der Waals surface area contributed by atoms with Gasteiger partial charge in [-0.2, -0.15) is 0 Å². The van der Waals surface area contributed by atoms with Crippen molar-refractivity contribution in [2.45, 2.75) is 71.1 Å². The van der Waals surface area contributed by atoms with Crippen LogP contribution in [0.25, 0.3) is 0 Å². The van der Waals surface area contributed by atoms with Crippen LogP contribution in [-0.2, 0) is 4.74 Å². The molecular formula is C20H35FN2O. The Labute approximate surface area is 147 Å². The lowest BCUT2D eigenvalue weighted by atomic mass is 10.1. The second-order valence-corrected chi connectivity index (χ2v) is 6.45. The van der Waals surface area contributed by atoms with Crippen molar-refractivity contribution >= 4 is 11.4 Å². The van der Waals surface area contributed by atoms with E-state index in [1.165, 1.54) is 63.5 Å². The molecule has 4 heteroatoms. The maximum Gasteiger partial charge on any atom is 0.125 e. The summed E-state index contributed by atoms with van der Waals surface area (Å²) in [5, 5.41) is 3.23. The van der Waals surface area contributed by atoms with Crippen molar-refractivity contribution in [1.82, 2.24) is 0 Å². The second-order valence-electron chi connectivity index (χ2n) is 6.45. The SMILES string of the molecule is CCCCCCCCCCOCCCCNc1ccc(F)cc1N. The molecule has 0 aliphatic carbocycles. The summed E-state index contributed by atoms with van der Waals surface area (Å²) in [6, 6.07) is 4.45. The molecule has 0 unspecified atom stereocenters. The minimum atomic E-state index is -0.299. The number of unbranched alkanes of at least 4 members (excludes halogenated alkanes) is 8. The average Bonchev–Trinajstić information content (AvgIpc) is 2.57. The fourth-order valence-electron chi connectivity index (χ4n) is 2.69. The lowest BCUT2D eigenvalue weighted by molar-refractivity contribution is 0.127. The van der Waals surface area contributed by atoms with E-state index in [2.05, 4.69) is 12.2 Å². The van der Waals surface area contributed by atoms with Gasteiger partial charge in [0.05, 0.1) is 11.4 Å². The van der Waals surface area contributed by atoms with Gasteiger partial charge < -0.3 is 15.8 Å². The Hall–Kier alpha value is -1.29. The Balaban J connectivity index is 1.84. The van der Waals surface area contributed by atoms with E-state index in [9.17, 15) is 4.39 Å². The first kappa shape index (κ1) is 20.8. The zero-order valence-corrected chi connectivity index (χ0v) is 15.3. The summed E-state index contributed by atoms with van der Waals surface area (Å²) in [6.45, 7) is 4.78. The van der Waals surface area contributed by atoms with Gasteiger partial charge in [0.1, 0.15) is 5.82 Å². The van der Waals surface area contributed by atoms with Crippen molar-refractivity contribution in [1.29, 1.82) is 0 Å². The summed E-state index contributed by atoms with van der Waals surface area (Å²) < 4.78 is 18.6. The van der Waals surface area contributed by atoms with Crippen molar-refractivity contribution in [3.05, 3.63) is 24.0 Å². The van der Waals surface area contributed by atoms with E-state index in [0.29, 0.717) is 5.69 Å². The Morgan fingerprint density at radius 2 is 1.54 bits per heavy atom. The molecule has 3 N–H and O–H groups in total. The molecule has 0 atom stereocenters. The maximum atomic E-state index is 12.9. The van der Waals surface area contributed by atoms with E-state index < -0.39 is 0 Å². The summed E-state index contributed by atoms with van der Waals surface area (Å²) in [5.74, 6) is -0.299. The number of ether oxygens (including phenoxy) is 1. The van der Waals surface area contributed by atoms with Crippen molar-refractivity contribution in [3.63, 3.8) is 0 Å². The van der Waals surface area contributed by atoms with Crippen molar-refractivity contribution in [3.8, 4) is 0 Å². The summed E-state index contributed by atoms with van der Waals surface area (Å²) >= 11 is 0. The quantitative estimate of drug-likeness (QED) is 0.316. The fraction of sp³-hybridized carbons (Fsp3) is 0.700. The second kappa shape index (κ2) is 14.1. The largest absolute Gasteiger partial charge is 0.397 e. The van der Waals surface area contributed by atoms with E-state index in [1.807, 2.05) is 0 Å². The van der Waals surface area contributed by atoms with Gasteiger partial charge in [0.25, 0.3) is 0 Å². The Kier molecular flexibility index (Phi) is 12.2. The van der Waals surface area contributed by atoms with Gasteiger partial charge in [-0.25, -0.2) is 4.39 Å². The highest BCUT2D eigenvalue weighted by atomic mass is 19.1. The fourth-order valence-corrected chi connectivity index (χ4v) is 2.69. The molecule has 3 nitrogen and oxygen atoms in total. The summed E-state index contributed by atoms with van der Waals surface area (Å²) in [7, 11) is 0. The predicted octanol–water partition coefficient (Wildman–Crippen LogP) is 5.76. The Bertz CT molecular complexity index is 426. The molecule has 0 fully saturated rings. The van der Waals surface area contributed by atoms with Crippen LogP contribution in [0.5, 0.6) is 0 Å². The van der Waals surface area contributed by atoms with E-state index in [-0.39, 0.29) is 5.82 Å². The third kappa shape index (κ3) is 10.5. The monoisotopic (exact) mass is 338 g/mol. The number of halogens is 1. The van der Waals surface area contributed by atoms with Crippen molar-refractivity contribution < 1.29 is 9.13 Å². The molecule has 0 radical (unpaired) electrons. The molecule has 0 saturated heterocycles. The van der Waals surface area contributed by atoms with Gasteiger partial charge in [-0.1, -0.05) is 51.9 Å². The number of nitrogens with one attached hydrogen (secondary N) is 1. The van der Waals surface area contributed by atoms with Crippen LogP contribution in [0.1, 0.15) is 71.1 Å². The molecule has 0 spiro atoms. The van der Waals surface area contributed by atoms with E-state index in [4.69, 9.17) is 10.5 Å². The summed E-state index contributed by atoms with van der Waals surface area (Å²) in [5.41, 5.74) is 7.01. The first-order chi connectivity index (χ1) is 11.7. The summed E-state index contributed by atoms with van der Waals surface area (Å²) in [4.78, 5) is 0. The predicted molar refractivity (Wildman–Crippen MR) is 102 cm³/mol. The molecule has 0 heterocycles. The zero-order chi connectivity index (χ0) is 17.5. The molecule has 1 aromatic rings. The number of nitrogen functional groups attached to an aromatic ring is 1. The van der Waals surface area contributed by atoms with Gasteiger partial charge in [-0.05, 0) is 37.5 Å². The van der Waals surface area contributed by atoms with Crippen LogP contribution in [0.3, 0.4) is 0 Å². The number of hydrogen-bond acceptors (Lipinski definition) is 3. The molecule has 0 aromatic heterocycles. The van der Waals surface area contributed by atoms with Crippen LogP contribution < -0.4 is 11.1 Å². The van der Waals surface area contributed by atoms with Crippen LogP contribution in [-0.4, -0.2) is 19.8 Å². The van der Waals surface area contributed by atoms with E-state index >= 15 is 0 Å². The van der Waals surface area contributed by atoms with Gasteiger partial charge in [0.15, 0.2) is 0 Å². The van der Waals surface area contributed by atoms with Crippen LogP contribution in [0.15, 0.2) is 18.2 Å². The van der Waals surface area contributed by atoms with E-state index in [1.54, 1.807) is 6.07 Å². The third-order valence-corrected chi connectivity index (χ3v) is 4.19. The lowest BCUT2D eigenvalue weighted by Crippen LogP contribution is -2.06. The first-order valence-electron chi connectivity index (χ1n) is 9.60. The summed E-state index contributed by atoms with van der Waals surface area (Å²) in [6.07, 6.45) is 12.7. The number of benzene rings is 1. The minimum Gasteiger partial charge on any atom is -0.397 e. The number of anilines is 2. The molecule has 138 valence electrons. The van der Waals surface area contributed by atoms with Crippen LogP contribution in [0.4, 0.5) is 15.8 Å². The number of hydrogen-bond donors (Lipinski definition) is 2. The van der Waals surface area contributed by atoms with Gasteiger partial charge >= 0.3 is 0 Å². The van der Waals surface area contributed by atoms with Gasteiger partial charge in [-0.3, -0.25) is 0 Å². The number of nitrogens with two attached hydrogens (primary N) is 1. The standard InChI is InChI=1S/C20H35FN2O/c1-2-3-4-5-6-7-8-10-15-24-16-11-9-14-23-20-13-12-18(21)17-19(20)22/h12-13,17,23H,2-11,14-16,22H2,1H3. The van der Waals surface area contributed by atoms with Crippen LogP contribution >= 0.6 is 0 Å². The highest BCUT2D eigenvalue weighted by molar-refractivity contribution is 5.65. The molecule has 0 aliphatic heterocycles. The van der Waals surface area contributed by atoms with Crippen molar-refractivity contribution in [2.24, 2.45) is 0 Å². The third-order valence-electron chi connectivity index (χ3n) is 4.19. The molecule has 0 saturated carbocycles. The number of rotatable bonds is 15. The normalized spacial score (nSPS) is 10.9. The molecule has 0 bridgehead atoms.